The quantitative estimate of drug-likeness (QED) is 0.551. The minimum absolute atomic E-state index is 0.0626. The molecule has 4 rings (SSSR count). The molecule has 2 saturated heterocycles. The summed E-state index contributed by atoms with van der Waals surface area (Å²) < 4.78 is 81.1. The average Bonchev–Trinajstić information content (AvgIpc) is 3.31. The van der Waals surface area contributed by atoms with Crippen LogP contribution in [0.25, 0.3) is 0 Å². The molecule has 220 valence electrons. The smallest absolute Gasteiger partial charge is 0.416 e. The molecular formula is C27H40F3N3O5S. The van der Waals surface area contributed by atoms with Crippen LogP contribution in [0.3, 0.4) is 0 Å². The molecule has 8 nitrogen and oxygen atoms in total. The molecule has 1 amide bonds. The van der Waals surface area contributed by atoms with Crippen molar-refractivity contribution >= 4 is 15.9 Å². The third kappa shape index (κ3) is 6.89. The zero-order valence-corrected chi connectivity index (χ0v) is 23.7. The van der Waals surface area contributed by atoms with Gasteiger partial charge in [0.15, 0.2) is 0 Å². The van der Waals surface area contributed by atoms with Crippen LogP contribution in [-0.4, -0.2) is 80.6 Å². The van der Waals surface area contributed by atoms with Gasteiger partial charge in [0.25, 0.3) is 0 Å². The molecule has 3 aliphatic rings. The van der Waals surface area contributed by atoms with Crippen molar-refractivity contribution in [3.8, 4) is 5.75 Å². The van der Waals surface area contributed by atoms with E-state index in [1.165, 1.54) is 0 Å². The van der Waals surface area contributed by atoms with E-state index in [2.05, 4.69) is 24.1 Å². The standard InChI is InChI=1S/C27H40F3N3O5S/c1-4-14-37-21-17-22-25(34)31-26(8-12-32(13-9-26)11-7-19(2)3)10-15-38-23-6-5-20(27(28,29)30)16-24(23)39(35,36)33(22)18-21/h5-6,16,19,21-22H,4,7-15,17-18H2,1-3H3,(H,31,34)/t21-,22+/m1/s1. The lowest BCUT2D eigenvalue weighted by Gasteiger charge is -2.43. The summed E-state index contributed by atoms with van der Waals surface area (Å²) in [4.78, 5) is 15.5. The first-order valence-corrected chi connectivity index (χ1v) is 15.3. The molecule has 0 bridgehead atoms. The molecule has 2 fully saturated rings. The van der Waals surface area contributed by atoms with Gasteiger partial charge in [-0.2, -0.15) is 17.5 Å². The van der Waals surface area contributed by atoms with Crippen molar-refractivity contribution in [2.45, 2.75) is 88.1 Å². The first kappa shape index (κ1) is 30.1. The minimum atomic E-state index is -4.74. The fourth-order valence-corrected chi connectivity index (χ4v) is 7.38. The largest absolute Gasteiger partial charge is 0.492 e. The van der Waals surface area contributed by atoms with Gasteiger partial charge in [-0.3, -0.25) is 4.79 Å². The Hall–Kier alpha value is -1.89. The van der Waals surface area contributed by atoms with E-state index in [0.717, 1.165) is 42.5 Å². The second-order valence-electron chi connectivity index (χ2n) is 11.4. The Morgan fingerprint density at radius 2 is 1.92 bits per heavy atom. The number of nitrogens with one attached hydrogen (secondary N) is 1. The van der Waals surface area contributed by atoms with Crippen LogP contribution in [0.2, 0.25) is 0 Å². The third-order valence-corrected chi connectivity index (χ3v) is 9.89. The third-order valence-electron chi connectivity index (χ3n) is 8.00. The highest BCUT2D eigenvalue weighted by atomic mass is 32.2. The molecule has 1 aromatic rings. The molecule has 0 radical (unpaired) electrons. The number of hydrogen-bond acceptors (Lipinski definition) is 6. The fraction of sp³-hybridized carbons (Fsp3) is 0.741. The normalized spacial score (nSPS) is 26.0. The Kier molecular flexibility index (Phi) is 9.19. The zero-order chi connectivity index (χ0) is 28.4. The minimum Gasteiger partial charge on any atom is -0.492 e. The Morgan fingerprint density at radius 1 is 1.21 bits per heavy atom. The van der Waals surface area contributed by atoms with Crippen molar-refractivity contribution in [2.24, 2.45) is 5.92 Å². The van der Waals surface area contributed by atoms with Gasteiger partial charge in [-0.15, -0.1) is 0 Å². The molecule has 1 N–H and O–H groups in total. The molecular weight excluding hydrogens is 535 g/mol. The number of carbonyl (C=O) groups excluding carboxylic acids is 1. The fourth-order valence-electron chi connectivity index (χ4n) is 5.59. The van der Waals surface area contributed by atoms with Crippen LogP contribution in [0.4, 0.5) is 13.2 Å². The van der Waals surface area contributed by atoms with Crippen LogP contribution in [0.15, 0.2) is 23.1 Å². The second-order valence-corrected chi connectivity index (χ2v) is 13.2. The van der Waals surface area contributed by atoms with Gasteiger partial charge in [0.05, 0.1) is 18.3 Å². The molecule has 0 saturated carbocycles. The molecule has 3 aliphatic heterocycles. The molecule has 39 heavy (non-hydrogen) atoms. The number of carbonyl (C=O) groups is 1. The van der Waals surface area contributed by atoms with E-state index < -0.39 is 50.3 Å². The lowest BCUT2D eigenvalue weighted by Crippen LogP contribution is -2.59. The second kappa shape index (κ2) is 11.9. The van der Waals surface area contributed by atoms with Gasteiger partial charge in [0.2, 0.25) is 15.9 Å². The highest BCUT2D eigenvalue weighted by Crippen LogP contribution is 2.39. The number of alkyl halides is 3. The number of fused-ring (bicyclic) bond motifs is 2. The predicted molar refractivity (Wildman–Crippen MR) is 140 cm³/mol. The number of halogens is 3. The van der Waals surface area contributed by atoms with E-state index in [4.69, 9.17) is 9.47 Å². The Labute approximate surface area is 229 Å². The summed E-state index contributed by atoms with van der Waals surface area (Å²) in [6.45, 7) is 9.16. The SMILES string of the molecule is CCCO[C@@H]1C[C@H]2C(=O)NC3(CCOc4ccc(C(F)(F)F)cc4S(=O)(=O)N2C1)CCN(CCC(C)C)CC3. The number of likely N-dealkylation sites (tertiary alicyclic amines) is 1. The number of hydrogen-bond donors (Lipinski definition) is 1. The van der Waals surface area contributed by atoms with Crippen molar-refractivity contribution in [3.05, 3.63) is 23.8 Å². The molecule has 0 aliphatic carbocycles. The molecule has 0 aromatic heterocycles. The number of rotatable bonds is 6. The number of benzene rings is 1. The first-order chi connectivity index (χ1) is 18.3. The van der Waals surface area contributed by atoms with E-state index >= 15 is 0 Å². The molecule has 1 aromatic carbocycles. The topological polar surface area (TPSA) is 88.2 Å². The highest BCUT2D eigenvalue weighted by Gasteiger charge is 2.48. The average molecular weight is 576 g/mol. The zero-order valence-electron chi connectivity index (χ0n) is 22.9. The van der Waals surface area contributed by atoms with Gasteiger partial charge in [0, 0.05) is 44.6 Å². The Bertz CT molecular complexity index is 1120. The van der Waals surface area contributed by atoms with Gasteiger partial charge < -0.3 is 19.7 Å². The van der Waals surface area contributed by atoms with Crippen molar-refractivity contribution in [1.29, 1.82) is 0 Å². The summed E-state index contributed by atoms with van der Waals surface area (Å²) in [6, 6.07) is 1.42. The maximum Gasteiger partial charge on any atom is 0.416 e. The highest BCUT2D eigenvalue weighted by molar-refractivity contribution is 7.89. The van der Waals surface area contributed by atoms with Crippen molar-refractivity contribution in [3.63, 3.8) is 0 Å². The Morgan fingerprint density at radius 3 is 2.56 bits per heavy atom. The summed E-state index contributed by atoms with van der Waals surface area (Å²) in [5, 5.41) is 3.18. The summed E-state index contributed by atoms with van der Waals surface area (Å²) >= 11 is 0. The maximum atomic E-state index is 13.9. The number of nitrogens with zero attached hydrogens (tertiary/aromatic N) is 2. The van der Waals surface area contributed by atoms with Crippen LogP contribution >= 0.6 is 0 Å². The van der Waals surface area contributed by atoms with E-state index in [9.17, 15) is 26.4 Å². The van der Waals surface area contributed by atoms with Crippen LogP contribution < -0.4 is 10.1 Å². The lowest BCUT2D eigenvalue weighted by molar-refractivity contribution is -0.137. The van der Waals surface area contributed by atoms with Gasteiger partial charge in [-0.25, -0.2) is 8.42 Å². The monoisotopic (exact) mass is 575 g/mol. The van der Waals surface area contributed by atoms with Crippen molar-refractivity contribution in [2.75, 3.05) is 39.4 Å². The van der Waals surface area contributed by atoms with E-state index in [-0.39, 0.29) is 25.3 Å². The summed E-state index contributed by atoms with van der Waals surface area (Å²) in [7, 11) is -4.52. The predicted octanol–water partition coefficient (Wildman–Crippen LogP) is 4.04. The van der Waals surface area contributed by atoms with Crippen LogP contribution in [0.5, 0.6) is 5.75 Å². The van der Waals surface area contributed by atoms with Crippen LogP contribution in [-0.2, 0) is 25.7 Å². The number of sulfonamides is 1. The van der Waals surface area contributed by atoms with Crippen molar-refractivity contribution in [1.82, 2.24) is 14.5 Å². The molecule has 0 unspecified atom stereocenters. The maximum absolute atomic E-state index is 13.9. The Balaban J connectivity index is 1.68. The van der Waals surface area contributed by atoms with Gasteiger partial charge in [-0.1, -0.05) is 20.8 Å². The van der Waals surface area contributed by atoms with E-state index in [1.54, 1.807) is 0 Å². The summed E-state index contributed by atoms with van der Waals surface area (Å²) in [5.41, 5.74) is -1.69. The molecule has 1 spiro atoms. The van der Waals surface area contributed by atoms with E-state index in [0.29, 0.717) is 44.3 Å². The van der Waals surface area contributed by atoms with Gasteiger partial charge in [0.1, 0.15) is 16.7 Å². The number of ether oxygens (including phenoxy) is 2. The summed E-state index contributed by atoms with van der Waals surface area (Å²) in [6.07, 6.45) is -1.59. The summed E-state index contributed by atoms with van der Waals surface area (Å²) in [5.74, 6) is 0.00766. The van der Waals surface area contributed by atoms with Gasteiger partial charge in [-0.05, 0) is 56.3 Å². The first-order valence-electron chi connectivity index (χ1n) is 13.9. The lowest BCUT2D eigenvalue weighted by atomic mass is 9.84. The molecule has 12 heteroatoms. The van der Waals surface area contributed by atoms with Crippen molar-refractivity contribution < 1.29 is 35.9 Å². The number of amides is 1. The van der Waals surface area contributed by atoms with Crippen LogP contribution in [0.1, 0.15) is 64.9 Å². The molecule has 2 atom stereocenters. The van der Waals surface area contributed by atoms with E-state index in [1.807, 2.05) is 6.92 Å². The van der Waals surface area contributed by atoms with Crippen LogP contribution in [0, 0.1) is 5.92 Å². The number of piperidine rings is 1. The molecule has 3 heterocycles. The van der Waals surface area contributed by atoms with Gasteiger partial charge >= 0.3 is 6.18 Å².